The molecule has 0 aromatic carbocycles. The minimum absolute atomic E-state index is 0.120. The number of carbonyl (C=O) groups is 1. The molecular weight excluding hydrogens is 386 g/mol. The molecule has 30 heavy (non-hydrogen) atoms. The molecule has 0 atom stereocenters. The summed E-state index contributed by atoms with van der Waals surface area (Å²) in [7, 11) is 1.90. The number of ether oxygens (including phenoxy) is 5. The van der Waals surface area contributed by atoms with Gasteiger partial charge >= 0.3 is 5.97 Å². The van der Waals surface area contributed by atoms with Crippen LogP contribution in [0.1, 0.15) is 71.1 Å². The van der Waals surface area contributed by atoms with Crippen molar-refractivity contribution in [3.63, 3.8) is 0 Å². The fraction of sp³-hybridized carbons (Fsp3) is 0.957. The molecule has 1 N–H and O–H groups in total. The molecule has 0 spiro atoms. The Bertz CT molecular complexity index is 344. The molecule has 0 aliphatic carbocycles. The normalized spacial score (nSPS) is 11.1. The van der Waals surface area contributed by atoms with Crippen LogP contribution in [-0.2, 0) is 28.5 Å². The summed E-state index contributed by atoms with van der Waals surface area (Å²) in [6.45, 7) is 7.77. The lowest BCUT2D eigenvalue weighted by Crippen LogP contribution is -2.17. The second-order valence-electron chi connectivity index (χ2n) is 7.35. The van der Waals surface area contributed by atoms with Crippen LogP contribution in [0.4, 0.5) is 0 Å². The topological polar surface area (TPSA) is 75.3 Å². The standard InChI is InChI=1S/C23H47NO6/c1-3-4-5-6-7-8-9-10-11-12-23(25)30-22-21-29-20-19-28-18-17-27-16-15-26-14-13-24-2/h24H,3-22H2,1-2H3. The minimum Gasteiger partial charge on any atom is -0.463 e. The Kier molecular flexibility index (Phi) is 25.7. The zero-order chi connectivity index (χ0) is 22.0. The maximum atomic E-state index is 11.7. The Hall–Kier alpha value is -0.730. The van der Waals surface area contributed by atoms with E-state index in [1.54, 1.807) is 0 Å². The smallest absolute Gasteiger partial charge is 0.305 e. The summed E-state index contributed by atoms with van der Waals surface area (Å²) in [6.07, 6.45) is 11.7. The molecule has 7 heteroatoms. The van der Waals surface area contributed by atoms with Crippen molar-refractivity contribution in [2.45, 2.75) is 71.1 Å². The van der Waals surface area contributed by atoms with E-state index in [0.29, 0.717) is 65.9 Å². The van der Waals surface area contributed by atoms with E-state index in [-0.39, 0.29) is 5.97 Å². The first kappa shape index (κ1) is 29.3. The third-order valence-corrected chi connectivity index (χ3v) is 4.59. The Morgan fingerprint density at radius 2 is 1.03 bits per heavy atom. The summed E-state index contributed by atoms with van der Waals surface area (Å²) in [5.74, 6) is -0.120. The molecule has 0 heterocycles. The highest BCUT2D eigenvalue weighted by Gasteiger charge is 2.02. The number of hydrogen-bond donors (Lipinski definition) is 1. The van der Waals surface area contributed by atoms with E-state index < -0.39 is 0 Å². The molecule has 0 saturated heterocycles. The molecule has 0 unspecified atom stereocenters. The summed E-state index contributed by atoms with van der Waals surface area (Å²) in [4.78, 5) is 11.7. The molecule has 0 fully saturated rings. The average molecular weight is 434 g/mol. The van der Waals surface area contributed by atoms with Gasteiger partial charge in [0.1, 0.15) is 6.61 Å². The molecule has 0 bridgehead atoms. The van der Waals surface area contributed by atoms with Gasteiger partial charge in [-0.2, -0.15) is 0 Å². The largest absolute Gasteiger partial charge is 0.463 e. The molecule has 0 aromatic rings. The van der Waals surface area contributed by atoms with Gasteiger partial charge in [-0.05, 0) is 13.5 Å². The van der Waals surface area contributed by atoms with E-state index in [9.17, 15) is 4.79 Å². The van der Waals surface area contributed by atoms with Crippen LogP contribution in [0.2, 0.25) is 0 Å². The van der Waals surface area contributed by atoms with Crippen LogP contribution < -0.4 is 5.32 Å². The summed E-state index contributed by atoms with van der Waals surface area (Å²) >= 11 is 0. The maximum Gasteiger partial charge on any atom is 0.305 e. The lowest BCUT2D eigenvalue weighted by atomic mass is 10.1. The number of carbonyl (C=O) groups excluding carboxylic acids is 1. The van der Waals surface area contributed by atoms with E-state index in [4.69, 9.17) is 23.7 Å². The number of unbranched alkanes of at least 4 members (excludes halogenated alkanes) is 8. The van der Waals surface area contributed by atoms with E-state index in [1.807, 2.05) is 7.05 Å². The molecule has 0 aliphatic rings. The van der Waals surface area contributed by atoms with Gasteiger partial charge in [0.2, 0.25) is 0 Å². The molecule has 0 aromatic heterocycles. The predicted octanol–water partition coefficient (Wildman–Crippen LogP) is 3.74. The first-order valence-electron chi connectivity index (χ1n) is 11.9. The highest BCUT2D eigenvalue weighted by Crippen LogP contribution is 2.10. The molecule has 0 aliphatic heterocycles. The summed E-state index contributed by atoms with van der Waals surface area (Å²) in [6, 6.07) is 0. The van der Waals surface area contributed by atoms with Gasteiger partial charge in [0.15, 0.2) is 0 Å². The van der Waals surface area contributed by atoms with Gasteiger partial charge in [-0.25, -0.2) is 0 Å². The number of nitrogens with one attached hydrogen (secondary N) is 1. The van der Waals surface area contributed by atoms with Crippen LogP contribution in [0.15, 0.2) is 0 Å². The fourth-order valence-electron chi connectivity index (χ4n) is 2.80. The van der Waals surface area contributed by atoms with Crippen molar-refractivity contribution in [1.82, 2.24) is 5.32 Å². The van der Waals surface area contributed by atoms with Crippen molar-refractivity contribution in [1.29, 1.82) is 0 Å². The Labute approximate surface area is 184 Å². The van der Waals surface area contributed by atoms with E-state index in [2.05, 4.69) is 12.2 Å². The maximum absolute atomic E-state index is 11.7. The highest BCUT2D eigenvalue weighted by molar-refractivity contribution is 5.69. The lowest BCUT2D eigenvalue weighted by Gasteiger charge is -2.08. The molecule has 0 saturated carbocycles. The highest BCUT2D eigenvalue weighted by atomic mass is 16.6. The molecule has 7 nitrogen and oxygen atoms in total. The van der Waals surface area contributed by atoms with Crippen LogP contribution in [0.3, 0.4) is 0 Å². The second-order valence-corrected chi connectivity index (χ2v) is 7.35. The van der Waals surface area contributed by atoms with Gasteiger partial charge < -0.3 is 29.0 Å². The first-order chi connectivity index (χ1) is 14.8. The lowest BCUT2D eigenvalue weighted by molar-refractivity contribution is -0.145. The van der Waals surface area contributed by atoms with Crippen LogP contribution in [0, 0.1) is 0 Å². The Morgan fingerprint density at radius 1 is 0.600 bits per heavy atom. The van der Waals surface area contributed by atoms with Crippen LogP contribution in [-0.4, -0.2) is 79.0 Å². The van der Waals surface area contributed by atoms with Crippen LogP contribution in [0.25, 0.3) is 0 Å². The molecule has 0 amide bonds. The van der Waals surface area contributed by atoms with Gasteiger partial charge in [0, 0.05) is 13.0 Å². The zero-order valence-electron chi connectivity index (χ0n) is 19.6. The summed E-state index contributed by atoms with van der Waals surface area (Å²) < 4.78 is 26.7. The molecule has 0 radical (unpaired) electrons. The number of esters is 1. The summed E-state index contributed by atoms with van der Waals surface area (Å²) in [5, 5.41) is 3.01. The Balaban J connectivity index is 3.12. The van der Waals surface area contributed by atoms with E-state index in [1.165, 1.54) is 44.9 Å². The SMILES string of the molecule is CCCCCCCCCCCC(=O)OCCOCCOCCOCCOCCNC. The van der Waals surface area contributed by atoms with Crippen molar-refractivity contribution >= 4 is 5.97 Å². The fourth-order valence-corrected chi connectivity index (χ4v) is 2.80. The van der Waals surface area contributed by atoms with E-state index >= 15 is 0 Å². The van der Waals surface area contributed by atoms with Crippen molar-refractivity contribution in [2.24, 2.45) is 0 Å². The van der Waals surface area contributed by atoms with Gasteiger partial charge in [-0.3, -0.25) is 4.79 Å². The van der Waals surface area contributed by atoms with Gasteiger partial charge in [0.25, 0.3) is 0 Å². The van der Waals surface area contributed by atoms with Crippen molar-refractivity contribution in [3.05, 3.63) is 0 Å². The molecule has 180 valence electrons. The quantitative estimate of drug-likeness (QED) is 0.174. The molecule has 0 rings (SSSR count). The predicted molar refractivity (Wildman–Crippen MR) is 120 cm³/mol. The third kappa shape index (κ3) is 25.3. The third-order valence-electron chi connectivity index (χ3n) is 4.59. The van der Waals surface area contributed by atoms with Crippen molar-refractivity contribution < 1.29 is 28.5 Å². The monoisotopic (exact) mass is 433 g/mol. The van der Waals surface area contributed by atoms with Crippen LogP contribution in [0.5, 0.6) is 0 Å². The number of hydrogen-bond acceptors (Lipinski definition) is 7. The van der Waals surface area contributed by atoms with Gasteiger partial charge in [-0.1, -0.05) is 58.3 Å². The second kappa shape index (κ2) is 26.3. The number of rotatable bonds is 25. The average Bonchev–Trinajstić information content (AvgIpc) is 2.75. The van der Waals surface area contributed by atoms with Gasteiger partial charge in [0.05, 0.1) is 52.9 Å². The van der Waals surface area contributed by atoms with Crippen molar-refractivity contribution in [3.8, 4) is 0 Å². The van der Waals surface area contributed by atoms with Crippen molar-refractivity contribution in [2.75, 3.05) is 73.1 Å². The molecular formula is C23H47NO6. The number of likely N-dealkylation sites (N-methyl/N-ethyl adjacent to an activating group) is 1. The zero-order valence-corrected chi connectivity index (χ0v) is 19.6. The minimum atomic E-state index is -0.120. The Morgan fingerprint density at radius 3 is 1.53 bits per heavy atom. The summed E-state index contributed by atoms with van der Waals surface area (Å²) in [5.41, 5.74) is 0. The van der Waals surface area contributed by atoms with Crippen LogP contribution >= 0.6 is 0 Å². The van der Waals surface area contributed by atoms with E-state index in [0.717, 1.165) is 19.4 Å². The van der Waals surface area contributed by atoms with Gasteiger partial charge in [-0.15, -0.1) is 0 Å². The first-order valence-corrected chi connectivity index (χ1v) is 11.9.